The van der Waals surface area contributed by atoms with Crippen LogP contribution in [-0.2, 0) is 30.8 Å². The molecule has 2 amide bonds. The van der Waals surface area contributed by atoms with Crippen molar-refractivity contribution in [2.45, 2.75) is 38.1 Å². The van der Waals surface area contributed by atoms with Crippen LogP contribution in [0.4, 0.5) is 0 Å². The summed E-state index contributed by atoms with van der Waals surface area (Å²) in [7, 11) is 0. The number of hydrogen-bond acceptors (Lipinski definition) is 6. The molecular weight excluding hydrogens is 793 g/mol. The predicted octanol–water partition coefficient (Wildman–Crippen LogP) is 10.2. The quantitative estimate of drug-likeness (QED) is 0.148. The zero-order valence-electron chi connectivity index (χ0n) is 31.1. The monoisotopic (exact) mass is 827 g/mol. The molecule has 290 valence electrons. The number of nitrogens with one attached hydrogen (secondary N) is 1. The fraction of sp³-hybridized carbons (Fsp3) is 0.170. The van der Waals surface area contributed by atoms with E-state index < -0.39 is 6.04 Å². The maximum atomic E-state index is 14.1. The lowest BCUT2D eigenvalue weighted by Gasteiger charge is -2.37. The summed E-state index contributed by atoms with van der Waals surface area (Å²) < 4.78 is 18.7. The van der Waals surface area contributed by atoms with Gasteiger partial charge in [-0.3, -0.25) is 9.59 Å². The number of carbonyl (C=O) groups is 2. The molecule has 1 N–H and O–H groups in total. The van der Waals surface area contributed by atoms with Crippen LogP contribution in [-0.4, -0.2) is 35.9 Å². The van der Waals surface area contributed by atoms with E-state index in [1.165, 1.54) is 0 Å². The lowest BCUT2D eigenvalue weighted by Crippen LogP contribution is -2.53. The van der Waals surface area contributed by atoms with Gasteiger partial charge in [0.1, 0.15) is 25.0 Å². The number of nitriles is 1. The molecule has 0 radical (unpaired) electrons. The van der Waals surface area contributed by atoms with Gasteiger partial charge in [0, 0.05) is 19.5 Å². The molecule has 2 unspecified atom stereocenters. The Labute approximate surface area is 351 Å². The largest absolute Gasteiger partial charge is 0.489 e. The Kier molecular flexibility index (Phi) is 11.6. The maximum absolute atomic E-state index is 14.1. The summed E-state index contributed by atoms with van der Waals surface area (Å²) in [6.45, 7) is 1.21. The average Bonchev–Trinajstić information content (AvgIpc) is 3.26. The van der Waals surface area contributed by atoms with E-state index in [4.69, 9.17) is 54.3 Å². The molecule has 58 heavy (non-hydrogen) atoms. The highest BCUT2D eigenvalue weighted by Gasteiger charge is 2.37. The van der Waals surface area contributed by atoms with Crippen LogP contribution in [0.2, 0.25) is 15.1 Å². The molecule has 0 saturated heterocycles. The third-order valence-electron chi connectivity index (χ3n) is 10.4. The van der Waals surface area contributed by atoms with Gasteiger partial charge in [0.05, 0.1) is 32.3 Å². The number of hydrogen-bond donors (Lipinski definition) is 1. The molecule has 0 fully saturated rings. The highest BCUT2D eigenvalue weighted by atomic mass is 35.5. The fourth-order valence-corrected chi connectivity index (χ4v) is 7.71. The van der Waals surface area contributed by atoms with E-state index in [0.717, 1.165) is 38.9 Å². The minimum Gasteiger partial charge on any atom is -0.489 e. The highest BCUT2D eigenvalue weighted by molar-refractivity contribution is 6.42. The summed E-state index contributed by atoms with van der Waals surface area (Å²) in [4.78, 5) is 29.6. The number of nitrogens with zero attached hydrogens (tertiary/aromatic N) is 2. The van der Waals surface area contributed by atoms with Crippen LogP contribution in [0.15, 0.2) is 127 Å². The molecule has 0 bridgehead atoms. The Bertz CT molecular complexity index is 2520. The summed E-state index contributed by atoms with van der Waals surface area (Å²) in [6.07, 6.45) is 0.528. The van der Waals surface area contributed by atoms with Gasteiger partial charge in [-0.25, -0.2) is 0 Å². The minimum absolute atomic E-state index is 0.181. The van der Waals surface area contributed by atoms with Crippen molar-refractivity contribution in [1.29, 1.82) is 5.26 Å². The summed E-state index contributed by atoms with van der Waals surface area (Å²) >= 11 is 18.7. The second-order valence-electron chi connectivity index (χ2n) is 14.2. The van der Waals surface area contributed by atoms with Crippen LogP contribution >= 0.6 is 34.8 Å². The average molecular weight is 829 g/mol. The van der Waals surface area contributed by atoms with Gasteiger partial charge in [-0.05, 0) is 106 Å². The number of rotatable bonds is 10. The normalized spacial score (nSPS) is 15.5. The SMILES string of the molecule is N#Cc1ccc(-c2ccc(CCNC(=O)C3Cc4cc5c(cc4CN3C(=O)c3ccccc3Cl)OC(c3ccc(OCc4ccc(Cl)c(Cl)c4)cc3)CO5)cc2)cc1. The van der Waals surface area contributed by atoms with Gasteiger partial charge < -0.3 is 24.4 Å². The molecule has 8 nitrogen and oxygen atoms in total. The number of fused-ring (bicyclic) bond motifs is 2. The van der Waals surface area contributed by atoms with Crippen LogP contribution in [0.3, 0.4) is 0 Å². The van der Waals surface area contributed by atoms with Crippen molar-refractivity contribution in [1.82, 2.24) is 10.2 Å². The van der Waals surface area contributed by atoms with Gasteiger partial charge in [-0.2, -0.15) is 5.26 Å². The minimum atomic E-state index is -0.775. The van der Waals surface area contributed by atoms with Crippen molar-refractivity contribution < 1.29 is 23.8 Å². The van der Waals surface area contributed by atoms with E-state index in [1.807, 2.05) is 78.9 Å². The molecule has 0 saturated carbocycles. The molecule has 8 rings (SSSR count). The zero-order chi connectivity index (χ0) is 40.2. The Morgan fingerprint density at radius 2 is 1.48 bits per heavy atom. The summed E-state index contributed by atoms with van der Waals surface area (Å²) in [5.74, 6) is 1.26. The molecule has 0 spiro atoms. The van der Waals surface area contributed by atoms with Gasteiger partial charge in [-0.15, -0.1) is 0 Å². The van der Waals surface area contributed by atoms with E-state index in [-0.39, 0.29) is 24.5 Å². The molecule has 0 aromatic heterocycles. The van der Waals surface area contributed by atoms with E-state index in [1.54, 1.807) is 53.4 Å². The Morgan fingerprint density at radius 1 is 0.776 bits per heavy atom. The molecule has 0 aliphatic carbocycles. The lowest BCUT2D eigenvalue weighted by atomic mass is 9.91. The second kappa shape index (κ2) is 17.3. The van der Waals surface area contributed by atoms with E-state index in [0.29, 0.717) is 76.0 Å². The van der Waals surface area contributed by atoms with Gasteiger partial charge in [-0.1, -0.05) is 102 Å². The second-order valence-corrected chi connectivity index (χ2v) is 15.4. The Hall–Kier alpha value is -5.98. The van der Waals surface area contributed by atoms with Gasteiger partial charge in [0.2, 0.25) is 5.91 Å². The smallest absolute Gasteiger partial charge is 0.256 e. The number of carbonyl (C=O) groups excluding carboxylic acids is 2. The molecule has 6 aromatic rings. The number of amides is 2. The predicted molar refractivity (Wildman–Crippen MR) is 225 cm³/mol. The Morgan fingerprint density at radius 3 is 2.21 bits per heavy atom. The zero-order valence-corrected chi connectivity index (χ0v) is 33.4. The lowest BCUT2D eigenvalue weighted by molar-refractivity contribution is -0.126. The van der Waals surface area contributed by atoms with Gasteiger partial charge in [0.15, 0.2) is 17.6 Å². The molecule has 2 atom stereocenters. The summed E-state index contributed by atoms with van der Waals surface area (Å²) in [6, 6.07) is 40.7. The first-order valence-corrected chi connectivity index (χ1v) is 19.9. The van der Waals surface area contributed by atoms with E-state index in [9.17, 15) is 9.59 Å². The topological polar surface area (TPSA) is 101 Å². The Balaban J connectivity index is 0.946. The number of benzene rings is 6. The van der Waals surface area contributed by atoms with Crippen LogP contribution in [0.1, 0.15) is 49.8 Å². The molecule has 6 aromatic carbocycles. The van der Waals surface area contributed by atoms with Crippen LogP contribution in [0, 0.1) is 11.3 Å². The van der Waals surface area contributed by atoms with Crippen LogP contribution in [0.25, 0.3) is 11.1 Å². The first-order valence-electron chi connectivity index (χ1n) is 18.8. The van der Waals surface area contributed by atoms with Gasteiger partial charge in [0.25, 0.3) is 5.91 Å². The third-order valence-corrected chi connectivity index (χ3v) is 11.4. The first kappa shape index (κ1) is 38.9. The molecular formula is C47H36Cl3N3O5. The van der Waals surface area contributed by atoms with Crippen LogP contribution < -0.4 is 19.5 Å². The van der Waals surface area contributed by atoms with Crippen molar-refractivity contribution in [3.05, 3.63) is 181 Å². The molecule has 2 heterocycles. The van der Waals surface area contributed by atoms with Crippen molar-refractivity contribution in [3.8, 4) is 34.4 Å². The van der Waals surface area contributed by atoms with Crippen LogP contribution in [0.5, 0.6) is 17.2 Å². The summed E-state index contributed by atoms with van der Waals surface area (Å²) in [5.41, 5.74) is 7.65. The maximum Gasteiger partial charge on any atom is 0.256 e. The third kappa shape index (κ3) is 8.63. The molecule has 11 heteroatoms. The number of halogens is 3. The first-order chi connectivity index (χ1) is 28.2. The number of ether oxygens (including phenoxy) is 3. The fourth-order valence-electron chi connectivity index (χ4n) is 7.18. The van der Waals surface area contributed by atoms with Crippen molar-refractivity contribution in [3.63, 3.8) is 0 Å². The standard InChI is InChI=1S/C47H36Cl3N3O5/c48-39-4-2-1-3-38(39)47(55)53-26-36-24-44-43(57-28-45(58-44)34-14-16-37(17-15-34)56-27-31-9-18-40(49)41(50)21-31)23-35(36)22-42(53)46(54)52-20-19-29-5-10-32(11-6-29)33-12-7-30(25-51)8-13-33/h1-18,21,23-24,42,45H,19-20,22,26-28H2,(H,52,54). The van der Waals surface area contributed by atoms with E-state index >= 15 is 0 Å². The van der Waals surface area contributed by atoms with E-state index in [2.05, 4.69) is 11.4 Å². The summed E-state index contributed by atoms with van der Waals surface area (Å²) in [5, 5.41) is 13.5. The van der Waals surface area contributed by atoms with Crippen molar-refractivity contribution >= 4 is 46.6 Å². The highest BCUT2D eigenvalue weighted by Crippen LogP contribution is 2.41. The van der Waals surface area contributed by atoms with Crippen molar-refractivity contribution in [2.24, 2.45) is 0 Å². The van der Waals surface area contributed by atoms with Gasteiger partial charge >= 0.3 is 0 Å². The molecule has 2 aliphatic heterocycles. The molecule has 2 aliphatic rings. The van der Waals surface area contributed by atoms with Crippen molar-refractivity contribution in [2.75, 3.05) is 13.2 Å².